The van der Waals surface area contributed by atoms with Crippen molar-refractivity contribution in [1.82, 2.24) is 10.2 Å². The number of nitrogens with zero attached hydrogens (tertiary/aromatic N) is 1. The third-order valence-corrected chi connectivity index (χ3v) is 6.52. The minimum atomic E-state index is -0.852. The molecule has 0 radical (unpaired) electrons. The minimum Gasteiger partial charge on any atom is -0.350 e. The van der Waals surface area contributed by atoms with Crippen LogP contribution in [0.15, 0.2) is 47.4 Å². The van der Waals surface area contributed by atoms with Crippen LogP contribution in [0.5, 0.6) is 0 Å². The van der Waals surface area contributed by atoms with E-state index in [-0.39, 0.29) is 23.2 Å². The Kier molecular flexibility index (Phi) is 4.71. The van der Waals surface area contributed by atoms with Gasteiger partial charge in [-0.2, -0.15) is 0 Å². The maximum absolute atomic E-state index is 13.7. The fourth-order valence-corrected chi connectivity index (χ4v) is 5.09. The Labute approximate surface area is 155 Å². The van der Waals surface area contributed by atoms with Crippen LogP contribution < -0.4 is 5.32 Å². The molecule has 0 bridgehead atoms. The summed E-state index contributed by atoms with van der Waals surface area (Å²) in [7, 11) is 1.94. The van der Waals surface area contributed by atoms with E-state index in [1.165, 1.54) is 11.6 Å². The summed E-state index contributed by atoms with van der Waals surface area (Å²) in [4.78, 5) is 16.0. The summed E-state index contributed by atoms with van der Waals surface area (Å²) in [6.45, 7) is 0.798. The second-order valence-corrected chi connectivity index (χ2v) is 8.17. The molecule has 0 spiro atoms. The molecule has 1 amide bonds. The summed E-state index contributed by atoms with van der Waals surface area (Å²) in [6, 6.07) is 11.8. The smallest absolute Gasteiger partial charge is 0.234 e. The van der Waals surface area contributed by atoms with Crippen molar-refractivity contribution in [2.45, 2.75) is 35.1 Å². The van der Waals surface area contributed by atoms with E-state index >= 15 is 0 Å². The lowest BCUT2D eigenvalue weighted by Gasteiger charge is -2.27. The first-order chi connectivity index (χ1) is 12.5. The standard InChI is InChI=1S/C20H20F2N2OS/c1-24-9-8-16(19(24)13-6-7-14(21)15(22)10-13)23-20(25)18-11-12-4-2-3-5-17(12)26-18/h2-7,10,16,18-19H,8-9,11H2,1H3,(H,23,25). The lowest BCUT2D eigenvalue weighted by molar-refractivity contribution is -0.121. The molecule has 6 heteroatoms. The van der Waals surface area contributed by atoms with Gasteiger partial charge in [-0.25, -0.2) is 8.78 Å². The fraction of sp³-hybridized carbons (Fsp3) is 0.350. The van der Waals surface area contributed by atoms with Crippen molar-refractivity contribution in [2.75, 3.05) is 13.6 Å². The van der Waals surface area contributed by atoms with Gasteiger partial charge in [-0.15, -0.1) is 11.8 Å². The Morgan fingerprint density at radius 2 is 2.00 bits per heavy atom. The van der Waals surface area contributed by atoms with Crippen LogP contribution in [-0.4, -0.2) is 35.7 Å². The molecule has 1 N–H and O–H groups in total. The zero-order valence-corrected chi connectivity index (χ0v) is 15.2. The first kappa shape index (κ1) is 17.5. The van der Waals surface area contributed by atoms with Crippen molar-refractivity contribution < 1.29 is 13.6 Å². The zero-order valence-electron chi connectivity index (χ0n) is 14.4. The average molecular weight is 374 g/mol. The second kappa shape index (κ2) is 7.00. The third kappa shape index (κ3) is 3.23. The summed E-state index contributed by atoms with van der Waals surface area (Å²) >= 11 is 1.59. The summed E-state index contributed by atoms with van der Waals surface area (Å²) < 4.78 is 26.9. The summed E-state index contributed by atoms with van der Waals surface area (Å²) in [6.07, 6.45) is 1.52. The van der Waals surface area contributed by atoms with E-state index in [0.717, 1.165) is 30.3 Å². The number of hydrogen-bond donors (Lipinski definition) is 1. The number of rotatable bonds is 3. The van der Waals surface area contributed by atoms with Crippen molar-refractivity contribution in [3.05, 3.63) is 65.2 Å². The molecule has 2 aromatic rings. The number of likely N-dealkylation sites (N-methyl/N-ethyl adjacent to an activating group) is 1. The Morgan fingerprint density at radius 1 is 1.19 bits per heavy atom. The molecule has 3 nitrogen and oxygen atoms in total. The fourth-order valence-electron chi connectivity index (χ4n) is 3.89. The molecule has 1 fully saturated rings. The van der Waals surface area contributed by atoms with Crippen LogP contribution in [0.25, 0.3) is 0 Å². The molecule has 0 aliphatic carbocycles. The highest BCUT2D eigenvalue weighted by Crippen LogP contribution is 2.38. The van der Waals surface area contributed by atoms with Crippen molar-refractivity contribution in [2.24, 2.45) is 0 Å². The average Bonchev–Trinajstić information content (AvgIpc) is 3.21. The van der Waals surface area contributed by atoms with Crippen LogP contribution in [0.4, 0.5) is 8.78 Å². The van der Waals surface area contributed by atoms with Crippen molar-refractivity contribution >= 4 is 17.7 Å². The van der Waals surface area contributed by atoms with Crippen LogP contribution in [0.1, 0.15) is 23.6 Å². The highest BCUT2D eigenvalue weighted by molar-refractivity contribution is 8.01. The van der Waals surface area contributed by atoms with E-state index in [1.54, 1.807) is 17.8 Å². The van der Waals surface area contributed by atoms with Crippen molar-refractivity contribution in [3.63, 3.8) is 0 Å². The van der Waals surface area contributed by atoms with Gasteiger partial charge < -0.3 is 5.32 Å². The Hall–Kier alpha value is -1.92. The largest absolute Gasteiger partial charge is 0.350 e. The summed E-state index contributed by atoms with van der Waals surface area (Å²) in [5.74, 6) is -1.69. The van der Waals surface area contributed by atoms with Crippen LogP contribution >= 0.6 is 11.8 Å². The monoisotopic (exact) mass is 374 g/mol. The van der Waals surface area contributed by atoms with Gasteiger partial charge in [-0.1, -0.05) is 24.3 Å². The Morgan fingerprint density at radius 3 is 2.77 bits per heavy atom. The quantitative estimate of drug-likeness (QED) is 0.892. The molecule has 0 saturated carbocycles. The summed E-state index contributed by atoms with van der Waals surface area (Å²) in [5.41, 5.74) is 1.90. The predicted molar refractivity (Wildman–Crippen MR) is 98.1 cm³/mol. The van der Waals surface area contributed by atoms with Gasteiger partial charge in [-0.05, 0) is 49.2 Å². The van der Waals surface area contributed by atoms with Gasteiger partial charge in [0.25, 0.3) is 0 Å². The maximum Gasteiger partial charge on any atom is 0.234 e. The first-order valence-electron chi connectivity index (χ1n) is 8.73. The van der Waals surface area contributed by atoms with Crippen LogP contribution in [0.3, 0.4) is 0 Å². The lowest BCUT2D eigenvalue weighted by atomic mass is 9.99. The maximum atomic E-state index is 13.7. The molecule has 2 heterocycles. The van der Waals surface area contributed by atoms with Gasteiger partial charge in [0.1, 0.15) is 0 Å². The van der Waals surface area contributed by atoms with Gasteiger partial charge >= 0.3 is 0 Å². The third-order valence-electron chi connectivity index (χ3n) is 5.20. The van der Waals surface area contributed by atoms with Gasteiger partial charge in [0.05, 0.1) is 11.3 Å². The molecule has 3 unspecified atom stereocenters. The molecule has 1 saturated heterocycles. The molecule has 2 aliphatic rings. The Balaban J connectivity index is 1.48. The number of hydrogen-bond acceptors (Lipinski definition) is 3. The summed E-state index contributed by atoms with van der Waals surface area (Å²) in [5, 5.41) is 3.02. The number of fused-ring (bicyclic) bond motifs is 1. The second-order valence-electron chi connectivity index (χ2n) is 6.92. The van der Waals surface area contributed by atoms with Gasteiger partial charge in [0, 0.05) is 17.5 Å². The highest BCUT2D eigenvalue weighted by Gasteiger charge is 2.37. The van der Waals surface area contributed by atoms with Gasteiger partial charge in [0.2, 0.25) is 5.91 Å². The van der Waals surface area contributed by atoms with E-state index < -0.39 is 11.6 Å². The van der Waals surface area contributed by atoms with E-state index in [9.17, 15) is 13.6 Å². The van der Waals surface area contributed by atoms with Crippen molar-refractivity contribution in [3.8, 4) is 0 Å². The van der Waals surface area contributed by atoms with Crippen LogP contribution in [-0.2, 0) is 11.2 Å². The molecular formula is C20H20F2N2OS. The topological polar surface area (TPSA) is 32.3 Å². The van der Waals surface area contributed by atoms with Crippen LogP contribution in [0.2, 0.25) is 0 Å². The number of carbonyl (C=O) groups excluding carboxylic acids is 1. The van der Waals surface area contributed by atoms with Gasteiger partial charge in [-0.3, -0.25) is 9.69 Å². The van der Waals surface area contributed by atoms with Crippen LogP contribution in [0, 0.1) is 11.6 Å². The SMILES string of the molecule is CN1CCC(NC(=O)C2Cc3ccccc3S2)C1c1ccc(F)c(F)c1. The van der Waals surface area contributed by atoms with Gasteiger partial charge in [0.15, 0.2) is 11.6 Å². The van der Waals surface area contributed by atoms with E-state index in [0.29, 0.717) is 5.56 Å². The molecule has 4 rings (SSSR count). The molecule has 0 aromatic heterocycles. The number of nitrogens with one attached hydrogen (secondary N) is 1. The number of carbonyl (C=O) groups is 1. The zero-order chi connectivity index (χ0) is 18.3. The highest BCUT2D eigenvalue weighted by atomic mass is 32.2. The molecule has 3 atom stereocenters. The molecule has 2 aromatic carbocycles. The van der Waals surface area contributed by atoms with E-state index in [4.69, 9.17) is 0 Å². The minimum absolute atomic E-state index is 0.0130. The normalized spacial score (nSPS) is 25.3. The molecule has 2 aliphatic heterocycles. The number of halogens is 2. The molecule has 136 valence electrons. The Bertz CT molecular complexity index is 819. The first-order valence-corrected chi connectivity index (χ1v) is 9.61. The molecular weight excluding hydrogens is 354 g/mol. The number of likely N-dealkylation sites (tertiary alicyclic amines) is 1. The number of amides is 1. The van der Waals surface area contributed by atoms with E-state index in [1.807, 2.05) is 25.2 Å². The number of benzene rings is 2. The van der Waals surface area contributed by atoms with E-state index in [2.05, 4.69) is 16.3 Å². The molecule has 26 heavy (non-hydrogen) atoms. The number of thioether (sulfide) groups is 1. The lowest BCUT2D eigenvalue weighted by Crippen LogP contribution is -2.43. The van der Waals surface area contributed by atoms with Crippen molar-refractivity contribution in [1.29, 1.82) is 0 Å². The predicted octanol–water partition coefficient (Wildman–Crippen LogP) is 3.54.